The van der Waals surface area contributed by atoms with Crippen molar-refractivity contribution in [3.63, 3.8) is 0 Å². The predicted molar refractivity (Wildman–Crippen MR) is 91.3 cm³/mol. The largest absolute Gasteiger partial charge is 0.378 e. The van der Waals surface area contributed by atoms with E-state index in [-0.39, 0.29) is 5.82 Å². The first-order valence-electron chi connectivity index (χ1n) is 8.33. The molecule has 7 heteroatoms. The lowest BCUT2D eigenvalue weighted by Crippen LogP contribution is -2.36. The number of aromatic nitrogens is 3. The van der Waals surface area contributed by atoms with Gasteiger partial charge in [-0.15, -0.1) is 10.2 Å². The number of rotatable bonds is 5. The lowest BCUT2D eigenvalue weighted by atomic mass is 10.2. The van der Waals surface area contributed by atoms with E-state index < -0.39 is 0 Å². The van der Waals surface area contributed by atoms with Crippen LogP contribution in [0.2, 0.25) is 0 Å². The third-order valence-corrected chi connectivity index (χ3v) is 4.06. The van der Waals surface area contributed by atoms with Gasteiger partial charge in [-0.3, -0.25) is 0 Å². The molecular formula is C17H22FN5O. The highest BCUT2D eigenvalue weighted by Gasteiger charge is 2.15. The summed E-state index contributed by atoms with van der Waals surface area (Å²) in [6.07, 6.45) is 1.59. The minimum absolute atomic E-state index is 0.268. The van der Waals surface area contributed by atoms with Gasteiger partial charge < -0.3 is 15.0 Å². The average molecular weight is 331 g/mol. The van der Waals surface area contributed by atoms with Gasteiger partial charge in [-0.05, 0) is 31.0 Å². The molecule has 0 amide bonds. The zero-order valence-electron chi connectivity index (χ0n) is 14.0. The van der Waals surface area contributed by atoms with Crippen molar-refractivity contribution < 1.29 is 9.13 Å². The fourth-order valence-corrected chi connectivity index (χ4v) is 2.77. The Hall–Kier alpha value is -2.28. The monoisotopic (exact) mass is 331 g/mol. The van der Waals surface area contributed by atoms with Crippen LogP contribution in [0.4, 0.5) is 21.7 Å². The van der Waals surface area contributed by atoms with Crippen LogP contribution in [-0.2, 0) is 17.6 Å². The Morgan fingerprint density at radius 3 is 2.54 bits per heavy atom. The summed E-state index contributed by atoms with van der Waals surface area (Å²) in [5, 5.41) is 11.3. The van der Waals surface area contributed by atoms with Gasteiger partial charge in [-0.1, -0.05) is 13.8 Å². The fourth-order valence-electron chi connectivity index (χ4n) is 2.77. The van der Waals surface area contributed by atoms with Crippen LogP contribution in [-0.4, -0.2) is 41.5 Å². The van der Waals surface area contributed by atoms with Gasteiger partial charge >= 0.3 is 0 Å². The maximum absolute atomic E-state index is 14.4. The predicted octanol–water partition coefficient (Wildman–Crippen LogP) is 2.72. The first kappa shape index (κ1) is 16.6. The molecule has 1 aromatic heterocycles. The van der Waals surface area contributed by atoms with Crippen molar-refractivity contribution in [3.8, 4) is 0 Å². The van der Waals surface area contributed by atoms with Crippen LogP contribution >= 0.6 is 0 Å². The lowest BCUT2D eigenvalue weighted by Gasteiger charge is -2.29. The summed E-state index contributed by atoms with van der Waals surface area (Å²) in [6, 6.07) is 5.07. The van der Waals surface area contributed by atoms with Crippen molar-refractivity contribution in [1.29, 1.82) is 0 Å². The maximum atomic E-state index is 14.4. The van der Waals surface area contributed by atoms with Gasteiger partial charge in [0.1, 0.15) is 5.82 Å². The van der Waals surface area contributed by atoms with Crippen LogP contribution in [0.25, 0.3) is 0 Å². The van der Waals surface area contributed by atoms with Gasteiger partial charge in [-0.25, -0.2) is 9.37 Å². The minimum atomic E-state index is -0.268. The van der Waals surface area contributed by atoms with Crippen LogP contribution in [0, 0.1) is 5.82 Å². The molecule has 1 N–H and O–H groups in total. The van der Waals surface area contributed by atoms with E-state index in [1.807, 2.05) is 24.8 Å². The van der Waals surface area contributed by atoms with E-state index in [0.29, 0.717) is 43.6 Å². The third kappa shape index (κ3) is 3.62. The van der Waals surface area contributed by atoms with Crippen molar-refractivity contribution in [2.24, 2.45) is 0 Å². The summed E-state index contributed by atoms with van der Waals surface area (Å²) in [4.78, 5) is 6.46. The Morgan fingerprint density at radius 2 is 1.88 bits per heavy atom. The molecule has 0 atom stereocenters. The smallest absolute Gasteiger partial charge is 0.247 e. The van der Waals surface area contributed by atoms with Gasteiger partial charge in [0.15, 0.2) is 0 Å². The molecule has 3 rings (SSSR count). The summed E-state index contributed by atoms with van der Waals surface area (Å²) in [7, 11) is 0. The molecule has 1 aromatic carbocycles. The number of benzene rings is 1. The molecule has 1 saturated heterocycles. The van der Waals surface area contributed by atoms with Gasteiger partial charge in [0.2, 0.25) is 5.95 Å². The summed E-state index contributed by atoms with van der Waals surface area (Å²) >= 11 is 0. The van der Waals surface area contributed by atoms with E-state index in [0.717, 1.165) is 24.2 Å². The molecule has 128 valence electrons. The number of aryl methyl sites for hydroxylation is 2. The van der Waals surface area contributed by atoms with Crippen LogP contribution in [0.15, 0.2) is 18.2 Å². The second-order valence-electron chi connectivity index (χ2n) is 5.63. The van der Waals surface area contributed by atoms with E-state index in [2.05, 4.69) is 20.5 Å². The molecule has 1 aliphatic rings. The van der Waals surface area contributed by atoms with E-state index in [1.54, 1.807) is 6.07 Å². The van der Waals surface area contributed by atoms with Gasteiger partial charge in [0.25, 0.3) is 0 Å². The summed E-state index contributed by atoms with van der Waals surface area (Å²) in [5.74, 6) is 0.123. The van der Waals surface area contributed by atoms with Crippen molar-refractivity contribution >= 4 is 17.3 Å². The Labute approximate surface area is 141 Å². The SMILES string of the molecule is CCc1nnc(Nc2ccc(N3CCOCC3)c(F)c2)nc1CC. The summed E-state index contributed by atoms with van der Waals surface area (Å²) in [5.41, 5.74) is 3.02. The highest BCUT2D eigenvalue weighted by Crippen LogP contribution is 2.25. The zero-order valence-corrected chi connectivity index (χ0v) is 14.0. The lowest BCUT2D eigenvalue weighted by molar-refractivity contribution is 0.122. The Bertz CT molecular complexity index is 703. The first-order chi connectivity index (χ1) is 11.7. The number of anilines is 3. The van der Waals surface area contributed by atoms with Crippen molar-refractivity contribution in [1.82, 2.24) is 15.2 Å². The van der Waals surface area contributed by atoms with Crippen molar-refractivity contribution in [3.05, 3.63) is 35.4 Å². The molecular weight excluding hydrogens is 309 g/mol. The molecule has 0 bridgehead atoms. The van der Waals surface area contributed by atoms with Crippen molar-refractivity contribution in [2.75, 3.05) is 36.5 Å². The van der Waals surface area contributed by atoms with Gasteiger partial charge in [0, 0.05) is 18.8 Å². The Balaban J connectivity index is 1.77. The van der Waals surface area contributed by atoms with E-state index in [4.69, 9.17) is 4.74 Å². The molecule has 0 unspecified atom stereocenters. The second kappa shape index (κ2) is 7.53. The molecule has 2 heterocycles. The molecule has 0 spiro atoms. The van der Waals surface area contributed by atoms with E-state index in [1.165, 1.54) is 6.07 Å². The molecule has 0 radical (unpaired) electrons. The van der Waals surface area contributed by atoms with E-state index in [9.17, 15) is 4.39 Å². The highest BCUT2D eigenvalue weighted by atomic mass is 19.1. The van der Waals surface area contributed by atoms with Crippen LogP contribution < -0.4 is 10.2 Å². The number of hydrogen-bond acceptors (Lipinski definition) is 6. The number of halogens is 1. The molecule has 0 saturated carbocycles. The molecule has 24 heavy (non-hydrogen) atoms. The molecule has 6 nitrogen and oxygen atoms in total. The van der Waals surface area contributed by atoms with Crippen LogP contribution in [0.3, 0.4) is 0 Å². The number of nitrogens with one attached hydrogen (secondary N) is 1. The quantitative estimate of drug-likeness (QED) is 0.909. The standard InChI is InChI=1S/C17H22FN5O/c1-3-14-15(4-2)21-22-17(20-14)19-12-5-6-16(13(18)11-12)23-7-9-24-10-8-23/h5-6,11H,3-4,7-10H2,1-2H3,(H,19,20,22). The van der Waals surface area contributed by atoms with Crippen LogP contribution in [0.5, 0.6) is 0 Å². The Kier molecular flexibility index (Phi) is 5.20. The van der Waals surface area contributed by atoms with Crippen molar-refractivity contribution in [2.45, 2.75) is 26.7 Å². The highest BCUT2D eigenvalue weighted by molar-refractivity contribution is 5.60. The molecule has 1 aliphatic heterocycles. The number of morpholine rings is 1. The number of ether oxygens (including phenoxy) is 1. The van der Waals surface area contributed by atoms with Crippen LogP contribution in [0.1, 0.15) is 25.2 Å². The normalized spacial score (nSPS) is 14.7. The Morgan fingerprint density at radius 1 is 1.12 bits per heavy atom. The molecule has 2 aromatic rings. The van der Waals surface area contributed by atoms with Gasteiger partial charge in [0.05, 0.1) is 30.3 Å². The third-order valence-electron chi connectivity index (χ3n) is 4.06. The summed E-state index contributed by atoms with van der Waals surface area (Å²) in [6.45, 7) is 6.72. The maximum Gasteiger partial charge on any atom is 0.247 e. The first-order valence-corrected chi connectivity index (χ1v) is 8.33. The average Bonchev–Trinajstić information content (AvgIpc) is 2.62. The number of hydrogen-bond donors (Lipinski definition) is 1. The van der Waals surface area contributed by atoms with E-state index >= 15 is 0 Å². The summed E-state index contributed by atoms with van der Waals surface area (Å²) < 4.78 is 19.7. The number of nitrogens with zero attached hydrogens (tertiary/aromatic N) is 4. The fraction of sp³-hybridized carbons (Fsp3) is 0.471. The topological polar surface area (TPSA) is 63.2 Å². The molecule has 0 aliphatic carbocycles. The minimum Gasteiger partial charge on any atom is -0.378 e. The van der Waals surface area contributed by atoms with Gasteiger partial charge in [-0.2, -0.15) is 0 Å². The zero-order chi connectivity index (χ0) is 16.9. The second-order valence-corrected chi connectivity index (χ2v) is 5.63. The molecule has 1 fully saturated rings.